The van der Waals surface area contributed by atoms with Crippen LogP contribution >= 0.6 is 0 Å². The summed E-state index contributed by atoms with van der Waals surface area (Å²) >= 11 is 0. The van der Waals surface area contributed by atoms with Crippen molar-refractivity contribution in [3.8, 4) is 0 Å². The molecule has 1 saturated carbocycles. The first-order chi connectivity index (χ1) is 6.58. The fourth-order valence-corrected chi connectivity index (χ4v) is 2.52. The second kappa shape index (κ2) is 4.94. The topological polar surface area (TPSA) is 23.5 Å². The number of hydrogen-bond donors (Lipinski definition) is 1. The van der Waals surface area contributed by atoms with Gasteiger partial charge in [0.15, 0.2) is 0 Å². The van der Waals surface area contributed by atoms with Crippen LogP contribution in [0.3, 0.4) is 0 Å². The third kappa shape index (κ3) is 2.82. The SMILES string of the molecule is C=CCC1(O)CCCCC1CN(C)C. The highest BCUT2D eigenvalue weighted by Crippen LogP contribution is 2.36. The first-order valence-electron chi connectivity index (χ1n) is 5.56. The van der Waals surface area contributed by atoms with Crippen molar-refractivity contribution >= 4 is 0 Å². The van der Waals surface area contributed by atoms with Gasteiger partial charge in [0.1, 0.15) is 0 Å². The van der Waals surface area contributed by atoms with E-state index in [0.717, 1.165) is 32.2 Å². The fraction of sp³-hybridized carbons (Fsp3) is 0.833. The smallest absolute Gasteiger partial charge is 0.0722 e. The van der Waals surface area contributed by atoms with Crippen molar-refractivity contribution in [2.45, 2.75) is 37.7 Å². The van der Waals surface area contributed by atoms with E-state index in [9.17, 15) is 5.11 Å². The van der Waals surface area contributed by atoms with Crippen molar-refractivity contribution in [3.63, 3.8) is 0 Å². The van der Waals surface area contributed by atoms with Gasteiger partial charge in [0.25, 0.3) is 0 Å². The normalized spacial score (nSPS) is 33.3. The van der Waals surface area contributed by atoms with Crippen LogP contribution in [0.15, 0.2) is 12.7 Å². The summed E-state index contributed by atoms with van der Waals surface area (Å²) in [5.41, 5.74) is -0.482. The molecule has 1 N–H and O–H groups in total. The van der Waals surface area contributed by atoms with Crippen molar-refractivity contribution in [1.29, 1.82) is 0 Å². The van der Waals surface area contributed by atoms with E-state index in [0.29, 0.717) is 5.92 Å². The van der Waals surface area contributed by atoms with Crippen LogP contribution in [0.25, 0.3) is 0 Å². The Morgan fingerprint density at radius 1 is 1.50 bits per heavy atom. The molecule has 2 unspecified atom stereocenters. The maximum atomic E-state index is 10.5. The summed E-state index contributed by atoms with van der Waals surface area (Å²) in [7, 11) is 4.14. The van der Waals surface area contributed by atoms with E-state index in [4.69, 9.17) is 0 Å². The molecular weight excluding hydrogens is 174 g/mol. The fourth-order valence-electron chi connectivity index (χ4n) is 2.52. The van der Waals surface area contributed by atoms with Gasteiger partial charge in [0.05, 0.1) is 5.60 Å². The van der Waals surface area contributed by atoms with E-state index in [1.54, 1.807) is 0 Å². The minimum atomic E-state index is -0.482. The number of rotatable bonds is 4. The average Bonchev–Trinajstić information content (AvgIpc) is 2.09. The third-order valence-corrected chi connectivity index (χ3v) is 3.26. The lowest BCUT2D eigenvalue weighted by Crippen LogP contribution is -2.44. The van der Waals surface area contributed by atoms with Crippen LogP contribution in [-0.4, -0.2) is 36.2 Å². The molecule has 1 aliphatic rings. The molecule has 2 atom stereocenters. The van der Waals surface area contributed by atoms with E-state index < -0.39 is 5.60 Å². The molecule has 0 aromatic rings. The number of hydrogen-bond acceptors (Lipinski definition) is 2. The third-order valence-electron chi connectivity index (χ3n) is 3.26. The highest BCUT2D eigenvalue weighted by Gasteiger charge is 2.37. The molecule has 0 saturated heterocycles. The lowest BCUT2D eigenvalue weighted by Gasteiger charge is -2.40. The molecule has 0 aromatic heterocycles. The first kappa shape index (κ1) is 11.7. The molecule has 82 valence electrons. The van der Waals surface area contributed by atoms with E-state index >= 15 is 0 Å². The van der Waals surface area contributed by atoms with Crippen molar-refractivity contribution in [2.24, 2.45) is 5.92 Å². The van der Waals surface area contributed by atoms with Gasteiger partial charge >= 0.3 is 0 Å². The quantitative estimate of drug-likeness (QED) is 0.697. The molecule has 0 spiro atoms. The Kier molecular flexibility index (Phi) is 4.14. The molecule has 2 heteroatoms. The zero-order chi connectivity index (χ0) is 10.6. The second-order valence-corrected chi connectivity index (χ2v) is 4.80. The summed E-state index contributed by atoms with van der Waals surface area (Å²) in [6, 6.07) is 0. The molecule has 0 radical (unpaired) electrons. The van der Waals surface area contributed by atoms with Crippen LogP contribution in [0.5, 0.6) is 0 Å². The lowest BCUT2D eigenvalue weighted by atomic mass is 9.73. The van der Waals surface area contributed by atoms with E-state index in [-0.39, 0.29) is 0 Å². The second-order valence-electron chi connectivity index (χ2n) is 4.80. The first-order valence-corrected chi connectivity index (χ1v) is 5.56. The van der Waals surface area contributed by atoms with Gasteiger partial charge in [-0.3, -0.25) is 0 Å². The Hall–Kier alpha value is -0.340. The monoisotopic (exact) mass is 197 g/mol. The van der Waals surface area contributed by atoms with Gasteiger partial charge in [-0.1, -0.05) is 18.9 Å². The van der Waals surface area contributed by atoms with E-state index in [1.807, 2.05) is 6.08 Å². The highest BCUT2D eigenvalue weighted by atomic mass is 16.3. The average molecular weight is 197 g/mol. The largest absolute Gasteiger partial charge is 0.389 e. The Bertz CT molecular complexity index is 191. The molecule has 0 heterocycles. The predicted molar refractivity (Wildman–Crippen MR) is 60.3 cm³/mol. The molecule has 1 rings (SSSR count). The minimum Gasteiger partial charge on any atom is -0.389 e. The number of nitrogens with zero attached hydrogens (tertiary/aromatic N) is 1. The van der Waals surface area contributed by atoms with Gasteiger partial charge < -0.3 is 10.0 Å². The highest BCUT2D eigenvalue weighted by molar-refractivity contribution is 4.95. The van der Waals surface area contributed by atoms with Crippen LogP contribution in [0.4, 0.5) is 0 Å². The van der Waals surface area contributed by atoms with Gasteiger partial charge in [0, 0.05) is 12.5 Å². The summed E-state index contributed by atoms with van der Waals surface area (Å²) in [5.74, 6) is 0.421. The summed E-state index contributed by atoms with van der Waals surface area (Å²) in [5, 5.41) is 10.5. The van der Waals surface area contributed by atoms with Gasteiger partial charge in [-0.15, -0.1) is 6.58 Å². The maximum Gasteiger partial charge on any atom is 0.0722 e. The Balaban J connectivity index is 2.62. The van der Waals surface area contributed by atoms with Gasteiger partial charge in [-0.05, 0) is 33.4 Å². The van der Waals surface area contributed by atoms with Crippen LogP contribution < -0.4 is 0 Å². The van der Waals surface area contributed by atoms with Crippen LogP contribution in [0.2, 0.25) is 0 Å². The molecule has 0 aromatic carbocycles. The van der Waals surface area contributed by atoms with Gasteiger partial charge in [-0.2, -0.15) is 0 Å². The van der Waals surface area contributed by atoms with Gasteiger partial charge in [-0.25, -0.2) is 0 Å². The van der Waals surface area contributed by atoms with Crippen molar-refractivity contribution in [1.82, 2.24) is 4.90 Å². The van der Waals surface area contributed by atoms with E-state index in [2.05, 4.69) is 25.6 Å². The Morgan fingerprint density at radius 3 is 2.79 bits per heavy atom. The Labute approximate surface area is 87.6 Å². The Morgan fingerprint density at radius 2 is 2.21 bits per heavy atom. The molecule has 0 bridgehead atoms. The molecule has 0 aliphatic heterocycles. The molecule has 0 amide bonds. The summed E-state index contributed by atoms with van der Waals surface area (Å²) < 4.78 is 0. The van der Waals surface area contributed by atoms with E-state index in [1.165, 1.54) is 6.42 Å². The minimum absolute atomic E-state index is 0.421. The predicted octanol–water partition coefficient (Wildman–Crippen LogP) is 2.05. The summed E-state index contributed by atoms with van der Waals surface area (Å²) in [6.07, 6.45) is 7.12. The van der Waals surface area contributed by atoms with Crippen LogP contribution in [0, 0.1) is 5.92 Å². The van der Waals surface area contributed by atoms with Crippen molar-refractivity contribution < 1.29 is 5.11 Å². The molecule has 1 aliphatic carbocycles. The van der Waals surface area contributed by atoms with Crippen molar-refractivity contribution in [3.05, 3.63) is 12.7 Å². The summed E-state index contributed by atoms with van der Waals surface area (Å²) in [4.78, 5) is 2.17. The maximum absolute atomic E-state index is 10.5. The van der Waals surface area contributed by atoms with Crippen molar-refractivity contribution in [2.75, 3.05) is 20.6 Å². The number of aliphatic hydroxyl groups is 1. The molecule has 14 heavy (non-hydrogen) atoms. The molecule has 2 nitrogen and oxygen atoms in total. The zero-order valence-corrected chi connectivity index (χ0v) is 9.50. The van der Waals surface area contributed by atoms with Crippen LogP contribution in [-0.2, 0) is 0 Å². The van der Waals surface area contributed by atoms with Crippen LogP contribution in [0.1, 0.15) is 32.1 Å². The summed E-state index contributed by atoms with van der Waals surface area (Å²) in [6.45, 7) is 4.73. The van der Waals surface area contributed by atoms with Gasteiger partial charge in [0.2, 0.25) is 0 Å². The lowest BCUT2D eigenvalue weighted by molar-refractivity contribution is -0.0531. The standard InChI is InChI=1S/C12H23NO/c1-4-8-12(14)9-6-5-7-11(12)10-13(2)3/h4,11,14H,1,5-10H2,2-3H3. The molecule has 1 fully saturated rings. The molecular formula is C12H23NO. The zero-order valence-electron chi connectivity index (χ0n) is 9.50.